The van der Waals surface area contributed by atoms with E-state index in [4.69, 9.17) is 5.73 Å². The van der Waals surface area contributed by atoms with E-state index in [1.165, 1.54) is 6.07 Å². The van der Waals surface area contributed by atoms with E-state index >= 15 is 0 Å². The number of rotatable bonds is 3. The lowest BCUT2D eigenvalue weighted by molar-refractivity contribution is -0.0105. The molecule has 17 heavy (non-hydrogen) atoms. The van der Waals surface area contributed by atoms with Crippen molar-refractivity contribution in [2.75, 3.05) is 6.54 Å². The molecule has 2 aromatic carbocycles. The van der Waals surface area contributed by atoms with E-state index in [0.29, 0.717) is 0 Å². The summed E-state index contributed by atoms with van der Waals surface area (Å²) in [6, 6.07) is 10.5. The van der Waals surface area contributed by atoms with E-state index in [1.807, 2.05) is 25.1 Å². The van der Waals surface area contributed by atoms with Crippen LogP contribution in [0.15, 0.2) is 36.4 Å². The van der Waals surface area contributed by atoms with Crippen molar-refractivity contribution in [1.29, 1.82) is 0 Å². The molecule has 0 atom stereocenters. The van der Waals surface area contributed by atoms with Gasteiger partial charge in [0, 0.05) is 12.0 Å². The van der Waals surface area contributed by atoms with Gasteiger partial charge in [-0.3, -0.25) is 0 Å². The number of aryl methyl sites for hydroxylation is 1. The maximum atomic E-state index is 13.7. The minimum Gasteiger partial charge on any atom is -0.330 e. The summed E-state index contributed by atoms with van der Waals surface area (Å²) in [4.78, 5) is 0. The second-order valence-electron chi connectivity index (χ2n) is 4.31. The van der Waals surface area contributed by atoms with Crippen molar-refractivity contribution < 1.29 is 8.78 Å². The van der Waals surface area contributed by atoms with Gasteiger partial charge in [-0.05, 0) is 30.3 Å². The molecule has 0 spiro atoms. The van der Waals surface area contributed by atoms with Gasteiger partial charge in [-0.25, -0.2) is 8.78 Å². The highest BCUT2D eigenvalue weighted by molar-refractivity contribution is 5.83. The number of alkyl halides is 2. The van der Waals surface area contributed by atoms with Crippen molar-refractivity contribution in [3.8, 4) is 0 Å². The topological polar surface area (TPSA) is 26.0 Å². The average molecular weight is 235 g/mol. The van der Waals surface area contributed by atoms with Crippen molar-refractivity contribution in [2.24, 2.45) is 5.73 Å². The van der Waals surface area contributed by atoms with E-state index in [2.05, 4.69) is 0 Å². The molecule has 0 aliphatic rings. The van der Waals surface area contributed by atoms with Crippen LogP contribution in [0.25, 0.3) is 10.8 Å². The number of fused-ring (bicyclic) bond motifs is 1. The molecule has 0 radical (unpaired) electrons. The van der Waals surface area contributed by atoms with Crippen molar-refractivity contribution in [3.63, 3.8) is 0 Å². The largest absolute Gasteiger partial charge is 0.330 e. The van der Waals surface area contributed by atoms with Crippen molar-refractivity contribution in [2.45, 2.75) is 19.3 Å². The fourth-order valence-electron chi connectivity index (χ4n) is 1.92. The van der Waals surface area contributed by atoms with Gasteiger partial charge >= 0.3 is 0 Å². The second kappa shape index (κ2) is 4.41. The summed E-state index contributed by atoms with van der Waals surface area (Å²) in [6.45, 7) is 1.97. The van der Waals surface area contributed by atoms with Crippen LogP contribution in [0, 0.1) is 6.92 Å². The molecular formula is C14H15F2N. The lowest BCUT2D eigenvalue weighted by Crippen LogP contribution is -2.18. The molecule has 3 heteroatoms. The minimum atomic E-state index is -2.84. The molecule has 1 nitrogen and oxygen atoms in total. The first-order chi connectivity index (χ1) is 8.03. The van der Waals surface area contributed by atoms with Gasteiger partial charge in [-0.15, -0.1) is 0 Å². The summed E-state index contributed by atoms with van der Waals surface area (Å²) in [5.41, 5.74) is 6.37. The average Bonchev–Trinajstić information content (AvgIpc) is 2.28. The molecule has 0 heterocycles. The van der Waals surface area contributed by atoms with Crippen molar-refractivity contribution in [3.05, 3.63) is 47.5 Å². The van der Waals surface area contributed by atoms with E-state index in [0.717, 1.165) is 16.3 Å². The van der Waals surface area contributed by atoms with Crippen LogP contribution in [-0.2, 0) is 5.92 Å². The minimum absolute atomic E-state index is 0.0149. The lowest BCUT2D eigenvalue weighted by Gasteiger charge is -2.16. The molecule has 0 unspecified atom stereocenters. The van der Waals surface area contributed by atoms with Crippen molar-refractivity contribution in [1.82, 2.24) is 0 Å². The molecule has 0 aliphatic heterocycles. The fraction of sp³-hybridized carbons (Fsp3) is 0.286. The van der Waals surface area contributed by atoms with Gasteiger partial charge in [-0.1, -0.05) is 35.9 Å². The van der Waals surface area contributed by atoms with Crippen LogP contribution in [-0.4, -0.2) is 6.54 Å². The first-order valence-corrected chi connectivity index (χ1v) is 5.62. The molecule has 90 valence electrons. The summed E-state index contributed by atoms with van der Waals surface area (Å²) >= 11 is 0. The van der Waals surface area contributed by atoms with Gasteiger partial charge in [0.05, 0.1) is 0 Å². The van der Waals surface area contributed by atoms with Crippen LogP contribution >= 0.6 is 0 Å². The Labute approximate surface area is 99.2 Å². The quantitative estimate of drug-likeness (QED) is 0.864. The number of hydrogen-bond acceptors (Lipinski definition) is 1. The smallest absolute Gasteiger partial charge is 0.274 e. The molecular weight excluding hydrogens is 220 g/mol. The molecule has 0 fully saturated rings. The summed E-state index contributed by atoms with van der Waals surface area (Å²) in [5, 5.41) is 1.82. The first-order valence-electron chi connectivity index (χ1n) is 5.62. The number of hydrogen-bond donors (Lipinski definition) is 1. The van der Waals surface area contributed by atoms with Crippen LogP contribution in [0.4, 0.5) is 8.78 Å². The third-order valence-corrected chi connectivity index (χ3v) is 2.88. The number of halogens is 2. The Morgan fingerprint density at radius 3 is 2.41 bits per heavy atom. The third-order valence-electron chi connectivity index (χ3n) is 2.88. The van der Waals surface area contributed by atoms with Crippen LogP contribution < -0.4 is 5.73 Å². The van der Waals surface area contributed by atoms with E-state index in [1.54, 1.807) is 12.1 Å². The molecule has 0 amide bonds. The molecule has 2 rings (SSSR count). The monoisotopic (exact) mass is 235 g/mol. The van der Waals surface area contributed by atoms with Gasteiger partial charge in [0.1, 0.15) is 0 Å². The zero-order valence-corrected chi connectivity index (χ0v) is 9.71. The molecule has 0 saturated heterocycles. The number of benzene rings is 2. The Morgan fingerprint density at radius 2 is 1.71 bits per heavy atom. The summed E-state index contributed by atoms with van der Waals surface area (Å²) in [6.07, 6.45) is -0.315. The fourth-order valence-corrected chi connectivity index (χ4v) is 1.92. The molecule has 0 saturated carbocycles. The van der Waals surface area contributed by atoms with Gasteiger partial charge in [-0.2, -0.15) is 0 Å². The normalized spacial score (nSPS) is 12.0. The zero-order valence-electron chi connectivity index (χ0n) is 9.71. The van der Waals surface area contributed by atoms with Crippen LogP contribution in [0.2, 0.25) is 0 Å². The first kappa shape index (κ1) is 12.0. The highest BCUT2D eigenvalue weighted by Gasteiger charge is 2.30. The molecule has 0 aliphatic carbocycles. The number of nitrogens with two attached hydrogens (primary N) is 1. The Kier molecular flexibility index (Phi) is 3.11. The molecule has 2 aromatic rings. The summed E-state index contributed by atoms with van der Waals surface area (Å²) in [7, 11) is 0. The molecule has 2 N–H and O–H groups in total. The van der Waals surface area contributed by atoms with Gasteiger partial charge in [0.25, 0.3) is 5.92 Å². The van der Waals surface area contributed by atoms with Crippen LogP contribution in [0.5, 0.6) is 0 Å². The highest BCUT2D eigenvalue weighted by atomic mass is 19.3. The molecule has 0 bridgehead atoms. The SMILES string of the molecule is Cc1ccc2cc(C(F)(F)CCN)ccc2c1. The van der Waals surface area contributed by atoms with Crippen molar-refractivity contribution >= 4 is 10.8 Å². The van der Waals surface area contributed by atoms with Gasteiger partial charge in [0.15, 0.2) is 0 Å². The van der Waals surface area contributed by atoms with E-state index < -0.39 is 5.92 Å². The summed E-state index contributed by atoms with van der Waals surface area (Å²) < 4.78 is 27.4. The second-order valence-corrected chi connectivity index (χ2v) is 4.31. The predicted octanol–water partition coefficient (Wildman–Crippen LogP) is 3.59. The van der Waals surface area contributed by atoms with Crippen LogP contribution in [0.3, 0.4) is 0 Å². The Balaban J connectivity index is 2.48. The van der Waals surface area contributed by atoms with Gasteiger partial charge < -0.3 is 5.73 Å². The lowest BCUT2D eigenvalue weighted by atomic mass is 10.00. The zero-order chi connectivity index (χ0) is 12.5. The van der Waals surface area contributed by atoms with E-state index in [9.17, 15) is 8.78 Å². The van der Waals surface area contributed by atoms with Crippen LogP contribution in [0.1, 0.15) is 17.5 Å². The third kappa shape index (κ3) is 2.44. The Bertz CT molecular complexity index is 535. The predicted molar refractivity (Wildman–Crippen MR) is 66.3 cm³/mol. The summed E-state index contributed by atoms with van der Waals surface area (Å²) in [5.74, 6) is -2.84. The van der Waals surface area contributed by atoms with Gasteiger partial charge in [0.2, 0.25) is 0 Å². The molecule has 0 aromatic heterocycles. The van der Waals surface area contributed by atoms with E-state index in [-0.39, 0.29) is 18.5 Å². The Morgan fingerprint density at radius 1 is 1.06 bits per heavy atom. The maximum Gasteiger partial charge on any atom is 0.274 e. The Hall–Kier alpha value is -1.48. The maximum absolute atomic E-state index is 13.7. The standard InChI is InChI=1S/C14H15F2N/c1-10-2-3-12-9-13(5-4-11(12)8-10)14(15,16)6-7-17/h2-5,8-9H,6-7,17H2,1H3. The highest BCUT2D eigenvalue weighted by Crippen LogP contribution is 2.33.